The van der Waals surface area contributed by atoms with Crippen LogP contribution in [0.25, 0.3) is 0 Å². The van der Waals surface area contributed by atoms with Crippen molar-refractivity contribution in [1.29, 1.82) is 0 Å². The van der Waals surface area contributed by atoms with Crippen LogP contribution in [0.2, 0.25) is 0 Å². The van der Waals surface area contributed by atoms with Gasteiger partial charge in [0.25, 0.3) is 0 Å². The second-order valence-electron chi connectivity index (χ2n) is 0. The zero-order chi connectivity index (χ0) is 2.00. The number of rotatable bonds is 0. The van der Waals surface area contributed by atoms with Crippen LogP contribution in [0, 0.1) is 0 Å². The second kappa shape index (κ2) is 44.4. The molecule has 0 spiro atoms. The summed E-state index contributed by atoms with van der Waals surface area (Å²) in [5.74, 6) is 0. The average Bonchev–Trinajstić information content (AvgIpc) is 1.00. The van der Waals surface area contributed by atoms with Gasteiger partial charge in [-0.2, -0.15) is 0 Å². The molecule has 0 aliphatic carbocycles. The molecule has 0 heterocycles. The Balaban J connectivity index is -0.000000000833. The standard InChI is InChI=1S/2Al.3Mo.O.6H. The van der Waals surface area contributed by atoms with Crippen molar-refractivity contribution in [1.82, 2.24) is 0 Å². The molecule has 0 aromatic heterocycles. The van der Waals surface area contributed by atoms with Crippen LogP contribution in [-0.2, 0) is 65.3 Å². The van der Waals surface area contributed by atoms with Crippen LogP contribution >= 0.6 is 0 Å². The first kappa shape index (κ1) is 36.4. The Morgan fingerprint density at radius 3 is 0.833 bits per heavy atom. The SMILES string of the molecule is [AlH3].[AlH3].[Mo].[Mo].[O]=[Mo]. The third-order valence-electron chi connectivity index (χ3n) is 0. The fourth-order valence-corrected chi connectivity index (χ4v) is 0. The zero-order valence-corrected chi connectivity index (χ0v) is 7.65. The number of hydrogen-bond acceptors (Lipinski definition) is 1. The Morgan fingerprint density at radius 1 is 0.833 bits per heavy atom. The van der Waals surface area contributed by atoms with Crippen molar-refractivity contribution < 1.29 is 65.3 Å². The summed E-state index contributed by atoms with van der Waals surface area (Å²) < 4.78 is 8.26. The summed E-state index contributed by atoms with van der Waals surface area (Å²) in [7, 11) is 0. The molecule has 0 N–H and O–H groups in total. The first-order chi connectivity index (χ1) is 1.00. The van der Waals surface area contributed by atoms with E-state index in [1.54, 1.807) is 0 Å². The van der Waals surface area contributed by atoms with Crippen LogP contribution in [0.3, 0.4) is 0 Å². The topological polar surface area (TPSA) is 17.1 Å². The van der Waals surface area contributed by atoms with Gasteiger partial charge in [-0.15, -0.1) is 0 Å². The molecule has 0 fully saturated rings. The van der Waals surface area contributed by atoms with E-state index >= 15 is 0 Å². The summed E-state index contributed by atoms with van der Waals surface area (Å²) in [4.78, 5) is 0. The van der Waals surface area contributed by atoms with Gasteiger partial charge in [0.05, 0.1) is 0 Å². The van der Waals surface area contributed by atoms with Crippen LogP contribution in [0.5, 0.6) is 0 Å². The van der Waals surface area contributed by atoms with E-state index in [1.807, 2.05) is 0 Å². The third-order valence-corrected chi connectivity index (χ3v) is 0. The van der Waals surface area contributed by atoms with Gasteiger partial charge in [-0.25, -0.2) is 0 Å². The van der Waals surface area contributed by atoms with Crippen LogP contribution in [-0.4, -0.2) is 34.7 Å². The first-order valence-electron chi connectivity index (χ1n) is 0.167. The quantitative estimate of drug-likeness (QED) is 0.435. The van der Waals surface area contributed by atoms with Crippen molar-refractivity contribution in [2.45, 2.75) is 0 Å². The Labute approximate surface area is 98.4 Å². The molecule has 0 atom stereocenters. The molecule has 0 amide bonds. The molecular formula is H6Al2Mo3O. The van der Waals surface area contributed by atoms with Gasteiger partial charge in [-0.3, -0.25) is 0 Å². The van der Waals surface area contributed by atoms with Crippen molar-refractivity contribution in [3.63, 3.8) is 0 Å². The predicted octanol–water partition coefficient (Wildman–Crippen LogP) is -2.49. The van der Waals surface area contributed by atoms with E-state index in [4.69, 9.17) is 3.40 Å². The summed E-state index contributed by atoms with van der Waals surface area (Å²) in [6.45, 7) is 0. The van der Waals surface area contributed by atoms with E-state index in [9.17, 15) is 0 Å². The normalized spacial score (nSPS) is 0.667. The van der Waals surface area contributed by atoms with Crippen LogP contribution < -0.4 is 0 Å². The van der Waals surface area contributed by atoms with Gasteiger partial charge in [0.1, 0.15) is 0 Å². The molecule has 0 aliphatic rings. The summed E-state index contributed by atoms with van der Waals surface area (Å²) >= 11 is 0.700. The summed E-state index contributed by atoms with van der Waals surface area (Å²) in [5, 5.41) is 0. The van der Waals surface area contributed by atoms with Gasteiger partial charge in [0, 0.05) is 42.1 Å². The van der Waals surface area contributed by atoms with Crippen molar-refractivity contribution in [3.05, 3.63) is 0 Å². The maximum atomic E-state index is 8.26. The van der Waals surface area contributed by atoms with E-state index < -0.39 is 0 Å². The van der Waals surface area contributed by atoms with Gasteiger partial charge in [-0.05, 0) is 0 Å². The summed E-state index contributed by atoms with van der Waals surface area (Å²) in [5.41, 5.74) is 0. The van der Waals surface area contributed by atoms with E-state index in [-0.39, 0.29) is 76.9 Å². The summed E-state index contributed by atoms with van der Waals surface area (Å²) in [6, 6.07) is 0. The second-order valence-corrected chi connectivity index (χ2v) is 0. The van der Waals surface area contributed by atoms with Crippen LogP contribution in [0.15, 0.2) is 0 Å². The molecule has 0 aromatic rings. The molecular weight excluding hydrogens is 358 g/mol. The Bertz CT molecular complexity index is 8.75. The molecule has 36 valence electrons. The third kappa shape index (κ3) is 28.4. The van der Waals surface area contributed by atoms with Crippen molar-refractivity contribution >= 4 is 34.7 Å². The molecule has 0 aliphatic heterocycles. The van der Waals surface area contributed by atoms with E-state index in [0.717, 1.165) is 0 Å². The van der Waals surface area contributed by atoms with Gasteiger partial charge in [-0.1, -0.05) is 0 Å². The molecule has 0 rings (SSSR count). The molecule has 0 bridgehead atoms. The summed E-state index contributed by atoms with van der Waals surface area (Å²) in [6.07, 6.45) is 0. The maximum absolute atomic E-state index is 8.26. The van der Waals surface area contributed by atoms with E-state index in [2.05, 4.69) is 0 Å². The first-order valence-corrected chi connectivity index (χ1v) is 0.986. The molecule has 0 saturated heterocycles. The Morgan fingerprint density at radius 2 is 0.833 bits per heavy atom. The predicted molar refractivity (Wildman–Crippen MR) is 20.6 cm³/mol. The monoisotopic (exact) mass is 370 g/mol. The minimum atomic E-state index is 0. The van der Waals surface area contributed by atoms with Crippen LogP contribution in [0.4, 0.5) is 0 Å². The molecule has 6 heavy (non-hydrogen) atoms. The number of hydrogen-bond donors (Lipinski definition) is 0. The fraction of sp³-hybridized carbons (Fsp3) is 0. The van der Waals surface area contributed by atoms with Crippen molar-refractivity contribution in [3.8, 4) is 0 Å². The zero-order valence-electron chi connectivity index (χ0n) is 1.63. The van der Waals surface area contributed by atoms with Crippen LogP contribution in [0.1, 0.15) is 0 Å². The van der Waals surface area contributed by atoms with Gasteiger partial charge >= 0.3 is 23.2 Å². The van der Waals surface area contributed by atoms with E-state index in [1.165, 1.54) is 0 Å². The average molecular weight is 364 g/mol. The van der Waals surface area contributed by atoms with Gasteiger partial charge in [0.15, 0.2) is 34.7 Å². The molecule has 0 unspecified atom stereocenters. The fourth-order valence-electron chi connectivity index (χ4n) is 0. The molecule has 0 radical (unpaired) electrons. The minimum absolute atomic E-state index is 0. The van der Waals surface area contributed by atoms with Gasteiger partial charge < -0.3 is 0 Å². The molecule has 0 saturated carbocycles. The molecule has 0 aromatic carbocycles. The van der Waals surface area contributed by atoms with E-state index in [0.29, 0.717) is 19.8 Å². The Kier molecular flexibility index (Phi) is 269. The Hall–Kier alpha value is 2.93. The molecule has 6 heteroatoms. The van der Waals surface area contributed by atoms with Gasteiger partial charge in [0.2, 0.25) is 0 Å². The van der Waals surface area contributed by atoms with Crippen molar-refractivity contribution in [2.75, 3.05) is 0 Å². The molecule has 1 nitrogen and oxygen atoms in total. The van der Waals surface area contributed by atoms with Crippen molar-refractivity contribution in [2.24, 2.45) is 0 Å².